The summed E-state index contributed by atoms with van der Waals surface area (Å²) >= 11 is 0. The molecule has 0 bridgehead atoms. The van der Waals surface area contributed by atoms with E-state index in [9.17, 15) is 5.11 Å². The Kier molecular flexibility index (Phi) is 30.0. The minimum atomic E-state index is -0.117. The maximum Gasteiger partial charge on any atom is 0.0540 e. The van der Waals surface area contributed by atoms with Gasteiger partial charge in [0, 0.05) is 0 Å². The average molecular weight is 497 g/mol. The molecule has 0 radical (unpaired) electrons. The largest absolute Gasteiger partial charge is 0.393 e. The van der Waals surface area contributed by atoms with Crippen molar-refractivity contribution in [2.45, 2.75) is 148 Å². The van der Waals surface area contributed by atoms with Gasteiger partial charge in [-0.2, -0.15) is 0 Å². The van der Waals surface area contributed by atoms with E-state index >= 15 is 0 Å². The highest BCUT2D eigenvalue weighted by molar-refractivity contribution is 4.98. The Morgan fingerprint density at radius 2 is 0.667 bits per heavy atom. The van der Waals surface area contributed by atoms with Crippen LogP contribution in [0.15, 0.2) is 72.9 Å². The Hall–Kier alpha value is -1.60. The summed E-state index contributed by atoms with van der Waals surface area (Å²) in [5.74, 6) is 0. The summed E-state index contributed by atoms with van der Waals surface area (Å²) in [5.41, 5.74) is 0. The zero-order valence-corrected chi connectivity index (χ0v) is 24.1. The summed E-state index contributed by atoms with van der Waals surface area (Å²) in [5, 5.41) is 10.2. The van der Waals surface area contributed by atoms with Crippen molar-refractivity contribution in [3.8, 4) is 0 Å². The maximum atomic E-state index is 10.2. The van der Waals surface area contributed by atoms with Crippen LogP contribution >= 0.6 is 0 Å². The molecule has 0 atom stereocenters. The van der Waals surface area contributed by atoms with Crippen LogP contribution in [0.3, 0.4) is 0 Å². The molecule has 0 aliphatic heterocycles. The monoisotopic (exact) mass is 496 g/mol. The molecule has 0 saturated heterocycles. The van der Waals surface area contributed by atoms with Gasteiger partial charge in [0.25, 0.3) is 0 Å². The molecule has 0 fully saturated rings. The van der Waals surface area contributed by atoms with Crippen LogP contribution in [-0.4, -0.2) is 11.2 Å². The fourth-order valence-electron chi connectivity index (χ4n) is 4.01. The van der Waals surface area contributed by atoms with E-state index in [1.54, 1.807) is 0 Å². The lowest BCUT2D eigenvalue weighted by Crippen LogP contribution is -2.05. The number of aliphatic hydroxyl groups is 1. The van der Waals surface area contributed by atoms with Gasteiger partial charge in [-0.25, -0.2) is 0 Å². The second kappa shape index (κ2) is 31.4. The van der Waals surface area contributed by atoms with Crippen molar-refractivity contribution in [2.24, 2.45) is 0 Å². The number of hydrogen-bond acceptors (Lipinski definition) is 1. The lowest BCUT2D eigenvalue weighted by molar-refractivity contribution is 0.148. The molecule has 1 heteroatoms. The number of hydrogen-bond donors (Lipinski definition) is 1. The molecule has 0 aliphatic rings. The van der Waals surface area contributed by atoms with Crippen LogP contribution in [0.25, 0.3) is 0 Å². The molecule has 0 amide bonds. The summed E-state index contributed by atoms with van der Waals surface area (Å²) in [6, 6.07) is 0. The van der Waals surface area contributed by atoms with Crippen molar-refractivity contribution in [1.29, 1.82) is 0 Å². The van der Waals surface area contributed by atoms with Crippen LogP contribution in [-0.2, 0) is 0 Å². The molecule has 206 valence electrons. The third kappa shape index (κ3) is 30.4. The smallest absolute Gasteiger partial charge is 0.0540 e. The van der Waals surface area contributed by atoms with Crippen LogP contribution < -0.4 is 0 Å². The normalized spacial score (nSPS) is 13.0. The molecular formula is C35H60O. The van der Waals surface area contributed by atoms with E-state index in [-0.39, 0.29) is 6.10 Å². The van der Waals surface area contributed by atoms with Gasteiger partial charge in [-0.15, -0.1) is 0 Å². The van der Waals surface area contributed by atoms with Crippen LogP contribution in [0, 0.1) is 0 Å². The molecule has 36 heavy (non-hydrogen) atoms. The first-order valence-corrected chi connectivity index (χ1v) is 15.4. The second-order valence-corrected chi connectivity index (χ2v) is 9.99. The van der Waals surface area contributed by atoms with E-state index in [4.69, 9.17) is 0 Å². The summed E-state index contributed by atoms with van der Waals surface area (Å²) in [7, 11) is 0. The Morgan fingerprint density at radius 1 is 0.389 bits per heavy atom. The van der Waals surface area contributed by atoms with Gasteiger partial charge >= 0.3 is 0 Å². The van der Waals surface area contributed by atoms with Crippen molar-refractivity contribution in [2.75, 3.05) is 0 Å². The van der Waals surface area contributed by atoms with Gasteiger partial charge < -0.3 is 5.11 Å². The van der Waals surface area contributed by atoms with Gasteiger partial charge in [0.1, 0.15) is 0 Å². The Balaban J connectivity index is 3.45. The fraction of sp³-hybridized carbons (Fsp3) is 0.657. The topological polar surface area (TPSA) is 20.2 Å². The minimum Gasteiger partial charge on any atom is -0.393 e. The maximum absolute atomic E-state index is 10.2. The molecule has 0 aromatic rings. The Bertz CT molecular complexity index is 538. The molecule has 0 spiro atoms. The molecule has 0 aromatic heterocycles. The number of unbranched alkanes of at least 4 members (excludes halogenated alkanes) is 10. The van der Waals surface area contributed by atoms with E-state index in [2.05, 4.69) is 86.8 Å². The summed E-state index contributed by atoms with van der Waals surface area (Å²) < 4.78 is 0. The molecule has 1 nitrogen and oxygen atoms in total. The third-order valence-electron chi connectivity index (χ3n) is 6.35. The molecule has 0 aliphatic carbocycles. The van der Waals surface area contributed by atoms with Crippen LogP contribution in [0.1, 0.15) is 142 Å². The molecule has 1 N–H and O–H groups in total. The van der Waals surface area contributed by atoms with Gasteiger partial charge in [-0.3, -0.25) is 0 Å². The predicted octanol–water partition coefficient (Wildman–Crippen LogP) is 11.5. The quantitative estimate of drug-likeness (QED) is 0.0932. The highest BCUT2D eigenvalue weighted by Crippen LogP contribution is 2.12. The second-order valence-electron chi connectivity index (χ2n) is 9.99. The molecule has 0 unspecified atom stereocenters. The van der Waals surface area contributed by atoms with E-state index < -0.39 is 0 Å². The third-order valence-corrected chi connectivity index (χ3v) is 6.35. The van der Waals surface area contributed by atoms with Gasteiger partial charge in [-0.05, 0) is 89.9 Å². The van der Waals surface area contributed by atoms with Crippen molar-refractivity contribution in [3.05, 3.63) is 72.9 Å². The number of aliphatic hydroxyl groups excluding tert-OH is 1. The fourth-order valence-corrected chi connectivity index (χ4v) is 4.01. The van der Waals surface area contributed by atoms with Crippen molar-refractivity contribution >= 4 is 0 Å². The standard InChI is InChI=1S/C35H60O/c1-3-5-7-9-11-13-15-17-19-21-23-25-27-29-31-33-35(36)34-32-30-28-26-24-22-20-18-16-14-12-10-8-6-4-2/h11-14,17-20,23-26,35-36H,3-10,15-16,21-22,27-34H2,1-2H3/b13-11-,14-12-,19-17-,20-18-,25-23-,26-24-. The molecule has 0 aromatic carbocycles. The van der Waals surface area contributed by atoms with Crippen LogP contribution in [0.2, 0.25) is 0 Å². The van der Waals surface area contributed by atoms with Gasteiger partial charge in [0.15, 0.2) is 0 Å². The molecule has 0 rings (SSSR count). The summed E-state index contributed by atoms with van der Waals surface area (Å²) in [6.45, 7) is 4.50. The van der Waals surface area contributed by atoms with Crippen molar-refractivity contribution in [3.63, 3.8) is 0 Å². The minimum absolute atomic E-state index is 0.117. The number of rotatable bonds is 26. The lowest BCUT2D eigenvalue weighted by Gasteiger charge is -2.09. The molecule has 0 saturated carbocycles. The Labute approximate surface area is 226 Å². The van der Waals surface area contributed by atoms with Crippen molar-refractivity contribution in [1.82, 2.24) is 0 Å². The first-order valence-electron chi connectivity index (χ1n) is 15.4. The Morgan fingerprint density at radius 3 is 0.972 bits per heavy atom. The average Bonchev–Trinajstić information content (AvgIpc) is 2.88. The van der Waals surface area contributed by atoms with Crippen LogP contribution in [0.5, 0.6) is 0 Å². The summed E-state index contributed by atoms with van der Waals surface area (Å²) in [4.78, 5) is 0. The van der Waals surface area contributed by atoms with Crippen molar-refractivity contribution < 1.29 is 5.11 Å². The van der Waals surface area contributed by atoms with Gasteiger partial charge in [-0.1, -0.05) is 125 Å². The van der Waals surface area contributed by atoms with E-state index in [1.807, 2.05) is 0 Å². The van der Waals surface area contributed by atoms with E-state index in [1.165, 1.54) is 64.2 Å². The van der Waals surface area contributed by atoms with Gasteiger partial charge in [0.2, 0.25) is 0 Å². The van der Waals surface area contributed by atoms with Crippen LogP contribution in [0.4, 0.5) is 0 Å². The SMILES string of the molecule is CCCCC/C=C\C/C=C\C/C=C\CCCCC(O)CCCC/C=C\C/C=C\C/C=C\CCCCC. The van der Waals surface area contributed by atoms with E-state index in [0.717, 1.165) is 64.2 Å². The van der Waals surface area contributed by atoms with E-state index in [0.29, 0.717) is 0 Å². The molecule has 0 heterocycles. The lowest BCUT2D eigenvalue weighted by atomic mass is 10.0. The first-order chi connectivity index (χ1) is 17.8. The highest BCUT2D eigenvalue weighted by atomic mass is 16.3. The highest BCUT2D eigenvalue weighted by Gasteiger charge is 2.02. The predicted molar refractivity (Wildman–Crippen MR) is 165 cm³/mol. The van der Waals surface area contributed by atoms with Gasteiger partial charge in [0.05, 0.1) is 6.10 Å². The zero-order valence-electron chi connectivity index (χ0n) is 24.1. The zero-order chi connectivity index (χ0) is 26.2. The summed E-state index contributed by atoms with van der Waals surface area (Å²) in [6.07, 6.45) is 50.6. The number of allylic oxidation sites excluding steroid dienone is 12. The first kappa shape index (κ1) is 34.4. The molecular weight excluding hydrogens is 436 g/mol.